The Morgan fingerprint density at radius 2 is 1.71 bits per heavy atom. The maximum Gasteiger partial charge on any atom is 0.416 e. The lowest BCUT2D eigenvalue weighted by atomic mass is 9.62. The highest BCUT2D eigenvalue weighted by atomic mass is 19.4. The van der Waals surface area contributed by atoms with Crippen LogP contribution in [0, 0.1) is 11.2 Å². The van der Waals surface area contributed by atoms with Crippen LogP contribution >= 0.6 is 0 Å². The van der Waals surface area contributed by atoms with Crippen LogP contribution < -0.4 is 5.32 Å². The van der Waals surface area contributed by atoms with Crippen LogP contribution in [0.25, 0.3) is 0 Å². The Balaban J connectivity index is 1.25. The highest BCUT2D eigenvalue weighted by Gasteiger charge is 2.57. The molecule has 2 atom stereocenters. The Morgan fingerprint density at radius 3 is 2.37 bits per heavy atom. The van der Waals surface area contributed by atoms with E-state index in [1.807, 2.05) is 0 Å². The van der Waals surface area contributed by atoms with Crippen LogP contribution in [0.5, 0.6) is 0 Å². The molecular formula is C30H31F4N3O4. The second kappa shape index (κ2) is 9.90. The molecule has 1 aliphatic carbocycles. The van der Waals surface area contributed by atoms with E-state index in [0.29, 0.717) is 32.5 Å². The first-order valence-electron chi connectivity index (χ1n) is 14.0. The second-order valence-electron chi connectivity index (χ2n) is 11.9. The fourth-order valence-corrected chi connectivity index (χ4v) is 7.38. The van der Waals surface area contributed by atoms with E-state index in [1.54, 1.807) is 0 Å². The number of benzene rings is 2. The van der Waals surface area contributed by atoms with Gasteiger partial charge in [0, 0.05) is 48.2 Å². The number of amides is 3. The third-order valence-electron chi connectivity index (χ3n) is 9.54. The average Bonchev–Trinajstić information content (AvgIpc) is 3.52. The van der Waals surface area contributed by atoms with Gasteiger partial charge in [0.25, 0.3) is 5.91 Å². The molecule has 0 radical (unpaired) electrons. The predicted molar refractivity (Wildman–Crippen MR) is 139 cm³/mol. The summed E-state index contributed by atoms with van der Waals surface area (Å²) in [5.41, 5.74) is -1.69. The first-order valence-corrected chi connectivity index (χ1v) is 14.0. The summed E-state index contributed by atoms with van der Waals surface area (Å²) in [7, 11) is 0. The van der Waals surface area contributed by atoms with E-state index in [1.165, 1.54) is 29.2 Å². The highest BCUT2D eigenvalue weighted by Crippen LogP contribution is 2.56. The van der Waals surface area contributed by atoms with Gasteiger partial charge in [-0.05, 0) is 49.4 Å². The number of alkyl halides is 3. The van der Waals surface area contributed by atoms with Crippen molar-refractivity contribution in [2.75, 3.05) is 13.1 Å². The molecule has 3 heterocycles. The molecule has 41 heavy (non-hydrogen) atoms. The minimum atomic E-state index is -4.41. The van der Waals surface area contributed by atoms with Crippen LogP contribution in [0.15, 0.2) is 36.4 Å². The second-order valence-corrected chi connectivity index (χ2v) is 11.9. The van der Waals surface area contributed by atoms with Crippen LogP contribution in [0.4, 0.5) is 17.6 Å². The number of aliphatic hydroxyl groups is 1. The minimum absolute atomic E-state index is 0.0928. The maximum atomic E-state index is 16.3. The van der Waals surface area contributed by atoms with Gasteiger partial charge in [-0.2, -0.15) is 13.2 Å². The van der Waals surface area contributed by atoms with Gasteiger partial charge in [0.05, 0.1) is 12.1 Å². The number of piperidine rings is 2. The quantitative estimate of drug-likeness (QED) is 0.422. The minimum Gasteiger partial charge on any atom is -0.384 e. The normalized spacial score (nSPS) is 26.5. The molecule has 4 aliphatic rings. The topological polar surface area (TPSA) is 90.0 Å². The van der Waals surface area contributed by atoms with Crippen LogP contribution in [-0.4, -0.2) is 51.8 Å². The summed E-state index contributed by atoms with van der Waals surface area (Å²) in [5.74, 6) is -2.10. The van der Waals surface area contributed by atoms with Crippen molar-refractivity contribution in [2.24, 2.45) is 5.41 Å². The van der Waals surface area contributed by atoms with Gasteiger partial charge < -0.3 is 10.0 Å². The number of hydrogen-bond donors (Lipinski definition) is 2. The van der Waals surface area contributed by atoms with Crippen molar-refractivity contribution < 1.29 is 37.1 Å². The number of rotatable bonds is 4. The molecule has 2 aromatic rings. The molecule has 0 aromatic heterocycles. The Hall–Kier alpha value is -3.31. The lowest BCUT2D eigenvalue weighted by Crippen LogP contribution is -2.57. The monoisotopic (exact) mass is 573 g/mol. The van der Waals surface area contributed by atoms with Gasteiger partial charge in [-0.3, -0.25) is 24.6 Å². The third kappa shape index (κ3) is 4.63. The van der Waals surface area contributed by atoms with E-state index in [2.05, 4.69) is 10.2 Å². The molecule has 6 rings (SSSR count). The van der Waals surface area contributed by atoms with Crippen molar-refractivity contribution in [2.45, 2.75) is 75.9 Å². The zero-order valence-corrected chi connectivity index (χ0v) is 22.4. The summed E-state index contributed by atoms with van der Waals surface area (Å²) in [6.07, 6.45) is -0.840. The summed E-state index contributed by atoms with van der Waals surface area (Å²) in [4.78, 5) is 40.5. The molecule has 1 unspecified atom stereocenters. The molecule has 3 amide bonds. The number of hydrogen-bond acceptors (Lipinski definition) is 5. The Kier molecular flexibility index (Phi) is 6.73. The number of halogens is 4. The number of imide groups is 1. The van der Waals surface area contributed by atoms with Gasteiger partial charge in [0.1, 0.15) is 17.5 Å². The van der Waals surface area contributed by atoms with Gasteiger partial charge in [-0.1, -0.05) is 31.0 Å². The van der Waals surface area contributed by atoms with Gasteiger partial charge in [-0.25, -0.2) is 4.39 Å². The SMILES string of the molecule is O=C1CCC(N2Cc3c(ccc([C@@]4(O)CCN(Cc5ccc(C(F)(F)F)cc5)CC45CCCC5)c3F)C2=O)C(=O)N1. The molecule has 1 saturated carbocycles. The third-order valence-corrected chi connectivity index (χ3v) is 9.54. The van der Waals surface area contributed by atoms with Crippen LogP contribution in [-0.2, 0) is 34.5 Å². The van der Waals surface area contributed by atoms with Crippen LogP contribution in [0.2, 0.25) is 0 Å². The molecule has 11 heteroatoms. The molecule has 218 valence electrons. The number of fused-ring (bicyclic) bond motifs is 1. The first-order chi connectivity index (χ1) is 19.4. The smallest absolute Gasteiger partial charge is 0.384 e. The lowest BCUT2D eigenvalue weighted by molar-refractivity contribution is -0.143. The van der Waals surface area contributed by atoms with E-state index in [-0.39, 0.29) is 42.5 Å². The standard InChI is InChI=1S/C30H31F4N3O4/c31-25-21-16-37(23-9-10-24(38)35-26(23)39)27(40)20(21)7-8-22(25)29(41)13-14-36(17-28(29)11-1-2-12-28)15-18-3-5-19(6-4-18)30(32,33)34/h3-8,23,41H,1-2,9-17H2,(H,35,38,39)/t23?,29-/m0/s1. The summed E-state index contributed by atoms with van der Waals surface area (Å²) in [6, 6.07) is 7.23. The number of nitrogens with one attached hydrogen (secondary N) is 1. The van der Waals surface area contributed by atoms with Gasteiger partial charge in [0.15, 0.2) is 0 Å². The molecule has 1 spiro atoms. The number of carbonyl (C=O) groups excluding carboxylic acids is 3. The zero-order valence-electron chi connectivity index (χ0n) is 22.4. The van der Waals surface area contributed by atoms with E-state index < -0.39 is 52.3 Å². The molecule has 3 fully saturated rings. The van der Waals surface area contributed by atoms with Gasteiger partial charge in [-0.15, -0.1) is 0 Å². The maximum absolute atomic E-state index is 16.3. The molecule has 2 aromatic carbocycles. The van der Waals surface area contributed by atoms with Crippen LogP contribution in [0.1, 0.15) is 77.6 Å². The van der Waals surface area contributed by atoms with Crippen molar-refractivity contribution in [1.82, 2.24) is 15.1 Å². The number of nitrogens with zero attached hydrogens (tertiary/aromatic N) is 2. The highest BCUT2D eigenvalue weighted by molar-refractivity contribution is 6.05. The first kappa shape index (κ1) is 27.8. The Bertz CT molecular complexity index is 1400. The fourth-order valence-electron chi connectivity index (χ4n) is 7.38. The average molecular weight is 574 g/mol. The van der Waals surface area contributed by atoms with Gasteiger partial charge in [0.2, 0.25) is 11.8 Å². The largest absolute Gasteiger partial charge is 0.416 e. The summed E-state index contributed by atoms with van der Waals surface area (Å²) < 4.78 is 55.3. The molecular weight excluding hydrogens is 542 g/mol. The van der Waals surface area contributed by atoms with Crippen LogP contribution in [0.3, 0.4) is 0 Å². The van der Waals surface area contributed by atoms with Gasteiger partial charge >= 0.3 is 6.18 Å². The van der Waals surface area contributed by atoms with E-state index in [0.717, 1.165) is 30.5 Å². The van der Waals surface area contributed by atoms with Crippen molar-refractivity contribution in [3.05, 3.63) is 70.0 Å². The van der Waals surface area contributed by atoms with Crippen molar-refractivity contribution >= 4 is 17.7 Å². The predicted octanol–water partition coefficient (Wildman–Crippen LogP) is 4.26. The number of carbonyl (C=O) groups is 3. The van der Waals surface area contributed by atoms with Crippen molar-refractivity contribution in [3.63, 3.8) is 0 Å². The van der Waals surface area contributed by atoms with E-state index in [4.69, 9.17) is 0 Å². The number of likely N-dealkylation sites (tertiary alicyclic amines) is 1. The summed E-state index contributed by atoms with van der Waals surface area (Å²) in [5, 5.41) is 14.5. The Labute approximate surface area is 234 Å². The molecule has 3 aliphatic heterocycles. The van der Waals surface area contributed by atoms with E-state index >= 15 is 4.39 Å². The summed E-state index contributed by atoms with van der Waals surface area (Å²) in [6.45, 7) is 1.17. The Morgan fingerprint density at radius 1 is 1.00 bits per heavy atom. The molecule has 0 bridgehead atoms. The lowest BCUT2D eigenvalue weighted by Gasteiger charge is -2.53. The molecule has 7 nitrogen and oxygen atoms in total. The summed E-state index contributed by atoms with van der Waals surface area (Å²) >= 11 is 0. The molecule has 2 N–H and O–H groups in total. The zero-order chi connectivity index (χ0) is 29.2. The fraction of sp³-hybridized carbons (Fsp3) is 0.500. The molecule has 2 saturated heterocycles. The van der Waals surface area contributed by atoms with Crippen molar-refractivity contribution in [3.8, 4) is 0 Å². The van der Waals surface area contributed by atoms with Crippen molar-refractivity contribution in [1.29, 1.82) is 0 Å². The van der Waals surface area contributed by atoms with E-state index in [9.17, 15) is 32.7 Å².